The fourth-order valence-electron chi connectivity index (χ4n) is 2.78. The first kappa shape index (κ1) is 16.4. The number of hydrogen-bond acceptors (Lipinski definition) is 2. The number of aliphatic hydroxyl groups excluding tert-OH is 1. The normalized spacial score (nSPS) is 19.2. The molecule has 0 saturated carbocycles. The van der Waals surface area contributed by atoms with Crippen LogP contribution in [0.5, 0.6) is 0 Å². The molecule has 0 amide bonds. The van der Waals surface area contributed by atoms with Gasteiger partial charge in [0.2, 0.25) is 0 Å². The summed E-state index contributed by atoms with van der Waals surface area (Å²) in [6.45, 7) is 0. The van der Waals surface area contributed by atoms with Crippen molar-refractivity contribution in [2.75, 3.05) is 0 Å². The Morgan fingerprint density at radius 2 is 1.96 bits per heavy atom. The maximum Gasteiger partial charge on any atom is 0.418 e. The molecule has 1 aromatic carbocycles. The molecular formula is C15H8F6N2O. The SMILES string of the molecule is N#Cc1ccc(-n2cc(C(F)(F)F)c3c2CC(F)(F)C3O)cc1F. The van der Waals surface area contributed by atoms with Crippen LogP contribution in [-0.2, 0) is 12.6 Å². The van der Waals surface area contributed by atoms with E-state index in [4.69, 9.17) is 5.26 Å². The third-order valence-corrected chi connectivity index (χ3v) is 3.88. The Hall–Kier alpha value is -2.47. The van der Waals surface area contributed by atoms with Gasteiger partial charge in [0.15, 0.2) is 0 Å². The zero-order chi connectivity index (χ0) is 17.9. The second kappa shape index (κ2) is 5.01. The van der Waals surface area contributed by atoms with Crippen molar-refractivity contribution in [1.82, 2.24) is 4.57 Å². The number of nitrogens with zero attached hydrogens (tertiary/aromatic N) is 2. The molecular weight excluding hydrogens is 338 g/mol. The Balaban J connectivity index is 2.24. The quantitative estimate of drug-likeness (QED) is 0.800. The van der Waals surface area contributed by atoms with Crippen LogP contribution in [0.25, 0.3) is 5.69 Å². The topological polar surface area (TPSA) is 49.0 Å². The van der Waals surface area contributed by atoms with Crippen LogP contribution in [0.4, 0.5) is 26.3 Å². The minimum Gasteiger partial charge on any atom is -0.382 e. The van der Waals surface area contributed by atoms with E-state index in [0.29, 0.717) is 6.20 Å². The van der Waals surface area contributed by atoms with Crippen LogP contribution in [0.1, 0.15) is 28.5 Å². The van der Waals surface area contributed by atoms with Crippen LogP contribution in [0.15, 0.2) is 24.4 Å². The fraction of sp³-hybridized carbons (Fsp3) is 0.267. The van der Waals surface area contributed by atoms with E-state index < -0.39 is 47.3 Å². The maximum absolute atomic E-state index is 13.7. The highest BCUT2D eigenvalue weighted by Crippen LogP contribution is 2.49. The van der Waals surface area contributed by atoms with Gasteiger partial charge in [-0.3, -0.25) is 0 Å². The van der Waals surface area contributed by atoms with Crippen LogP contribution in [0, 0.1) is 17.1 Å². The summed E-state index contributed by atoms with van der Waals surface area (Å²) in [5, 5.41) is 18.2. The first-order valence-corrected chi connectivity index (χ1v) is 6.63. The summed E-state index contributed by atoms with van der Waals surface area (Å²) >= 11 is 0. The van der Waals surface area contributed by atoms with Crippen LogP contribution in [-0.4, -0.2) is 15.6 Å². The van der Waals surface area contributed by atoms with Crippen LogP contribution in [0.3, 0.4) is 0 Å². The second-order valence-corrected chi connectivity index (χ2v) is 5.39. The van der Waals surface area contributed by atoms with Crippen molar-refractivity contribution in [2.24, 2.45) is 0 Å². The highest BCUT2D eigenvalue weighted by Gasteiger charge is 2.53. The van der Waals surface area contributed by atoms with Crippen molar-refractivity contribution in [1.29, 1.82) is 5.26 Å². The molecule has 1 aliphatic rings. The molecule has 9 heteroatoms. The lowest BCUT2D eigenvalue weighted by Crippen LogP contribution is -2.23. The summed E-state index contributed by atoms with van der Waals surface area (Å²) in [6.07, 6.45) is -8.11. The smallest absolute Gasteiger partial charge is 0.382 e. The van der Waals surface area contributed by atoms with Gasteiger partial charge in [0.1, 0.15) is 18.0 Å². The van der Waals surface area contributed by atoms with Gasteiger partial charge in [0.05, 0.1) is 17.5 Å². The zero-order valence-electron chi connectivity index (χ0n) is 11.7. The summed E-state index contributed by atoms with van der Waals surface area (Å²) in [7, 11) is 0. The van der Waals surface area contributed by atoms with Gasteiger partial charge in [-0.25, -0.2) is 13.2 Å². The Morgan fingerprint density at radius 1 is 1.29 bits per heavy atom. The lowest BCUT2D eigenvalue weighted by Gasteiger charge is -2.16. The number of fused-ring (bicyclic) bond motifs is 1. The molecule has 1 heterocycles. The van der Waals surface area contributed by atoms with E-state index in [-0.39, 0.29) is 11.3 Å². The summed E-state index contributed by atoms with van der Waals surface area (Å²) in [4.78, 5) is 0. The summed E-state index contributed by atoms with van der Waals surface area (Å²) < 4.78 is 81.2. The molecule has 0 fully saturated rings. The average Bonchev–Trinajstić information content (AvgIpc) is 2.94. The van der Waals surface area contributed by atoms with E-state index in [0.717, 1.165) is 22.8 Å². The van der Waals surface area contributed by atoms with E-state index in [1.807, 2.05) is 0 Å². The molecule has 0 spiro atoms. The number of benzene rings is 1. The molecule has 0 saturated heterocycles. The van der Waals surface area contributed by atoms with Gasteiger partial charge in [-0.15, -0.1) is 0 Å². The summed E-state index contributed by atoms with van der Waals surface area (Å²) in [6, 6.07) is 4.51. The Labute approximate surface area is 131 Å². The maximum atomic E-state index is 13.7. The van der Waals surface area contributed by atoms with E-state index in [1.165, 1.54) is 0 Å². The lowest BCUT2D eigenvalue weighted by atomic mass is 10.1. The van der Waals surface area contributed by atoms with E-state index in [9.17, 15) is 31.4 Å². The molecule has 0 bridgehead atoms. The van der Waals surface area contributed by atoms with Gasteiger partial charge in [-0.05, 0) is 18.2 Å². The lowest BCUT2D eigenvalue weighted by molar-refractivity contribution is -0.142. The molecule has 0 radical (unpaired) electrons. The minimum atomic E-state index is -4.96. The molecule has 1 aromatic heterocycles. The van der Waals surface area contributed by atoms with Gasteiger partial charge in [0.25, 0.3) is 5.92 Å². The van der Waals surface area contributed by atoms with E-state index in [2.05, 4.69) is 0 Å². The minimum absolute atomic E-state index is 0.150. The number of hydrogen-bond donors (Lipinski definition) is 1. The molecule has 3 nitrogen and oxygen atoms in total. The van der Waals surface area contributed by atoms with Gasteiger partial charge < -0.3 is 9.67 Å². The van der Waals surface area contributed by atoms with Crippen LogP contribution >= 0.6 is 0 Å². The number of halogens is 6. The Morgan fingerprint density at radius 3 is 2.50 bits per heavy atom. The summed E-state index contributed by atoms with van der Waals surface area (Å²) in [5.41, 5.74) is -3.22. The molecule has 0 aliphatic heterocycles. The van der Waals surface area contributed by atoms with Gasteiger partial charge in [-0.2, -0.15) is 18.4 Å². The number of alkyl halides is 5. The van der Waals surface area contributed by atoms with Crippen molar-refractivity contribution in [3.63, 3.8) is 0 Å². The predicted octanol–water partition coefficient (Wildman–Crippen LogP) is 3.73. The molecule has 24 heavy (non-hydrogen) atoms. The molecule has 2 aromatic rings. The zero-order valence-corrected chi connectivity index (χ0v) is 11.7. The largest absolute Gasteiger partial charge is 0.418 e. The van der Waals surface area contributed by atoms with E-state index in [1.54, 1.807) is 6.07 Å². The first-order valence-electron chi connectivity index (χ1n) is 6.63. The second-order valence-electron chi connectivity index (χ2n) is 5.39. The standard InChI is InChI=1S/C15H8F6N2O/c16-10-3-8(2-1-7(10)5-22)23-6-9(15(19,20)21)12-11(23)4-14(17,18)13(12)24/h1-3,6,13,24H,4H2. The monoisotopic (exact) mass is 346 g/mol. The summed E-state index contributed by atoms with van der Waals surface area (Å²) in [5.74, 6) is -4.74. The molecule has 1 atom stereocenters. The van der Waals surface area contributed by atoms with Crippen LogP contribution < -0.4 is 0 Å². The fourth-order valence-corrected chi connectivity index (χ4v) is 2.78. The number of aliphatic hydroxyl groups is 1. The third-order valence-electron chi connectivity index (χ3n) is 3.88. The number of rotatable bonds is 1. The first-order chi connectivity index (χ1) is 11.1. The number of nitriles is 1. The van der Waals surface area contributed by atoms with Gasteiger partial charge >= 0.3 is 6.18 Å². The van der Waals surface area contributed by atoms with Crippen molar-refractivity contribution >= 4 is 0 Å². The predicted molar refractivity (Wildman–Crippen MR) is 69.1 cm³/mol. The van der Waals surface area contributed by atoms with E-state index >= 15 is 0 Å². The Bertz CT molecular complexity index is 862. The van der Waals surface area contributed by atoms with Crippen LogP contribution in [0.2, 0.25) is 0 Å². The third kappa shape index (κ3) is 2.34. The van der Waals surface area contributed by atoms with Crippen molar-refractivity contribution in [3.8, 4) is 11.8 Å². The molecule has 1 N–H and O–H groups in total. The highest BCUT2D eigenvalue weighted by molar-refractivity contribution is 5.50. The molecule has 1 aliphatic carbocycles. The van der Waals surface area contributed by atoms with Crippen molar-refractivity contribution < 1.29 is 31.4 Å². The average molecular weight is 346 g/mol. The molecule has 3 rings (SSSR count). The van der Waals surface area contributed by atoms with Crippen molar-refractivity contribution in [3.05, 3.63) is 52.6 Å². The van der Waals surface area contributed by atoms with Gasteiger partial charge in [0, 0.05) is 23.1 Å². The van der Waals surface area contributed by atoms with Crippen molar-refractivity contribution in [2.45, 2.75) is 24.6 Å². The Kier molecular flexibility index (Phi) is 3.42. The highest BCUT2D eigenvalue weighted by atomic mass is 19.4. The molecule has 1 unspecified atom stereocenters. The number of aromatic nitrogens is 1. The molecule has 126 valence electrons. The van der Waals surface area contributed by atoms with Gasteiger partial charge in [-0.1, -0.05) is 0 Å².